The van der Waals surface area contributed by atoms with Crippen molar-refractivity contribution in [3.05, 3.63) is 11.6 Å². The third-order valence-electron chi connectivity index (χ3n) is 1.85. The summed E-state index contributed by atoms with van der Waals surface area (Å²) in [6.45, 7) is 6.75. The lowest BCUT2D eigenvalue weighted by atomic mass is 10.1. The number of esters is 1. The summed E-state index contributed by atoms with van der Waals surface area (Å²) in [4.78, 5) is 11.1. The first-order valence-electron chi connectivity index (χ1n) is 5.45. The molecule has 14 heavy (non-hydrogen) atoms. The Hall–Kier alpha value is -0.790. The van der Waals surface area contributed by atoms with Gasteiger partial charge < -0.3 is 4.74 Å². The fourth-order valence-corrected chi connectivity index (χ4v) is 1.09. The maximum Gasteiger partial charge on any atom is 0.305 e. The largest absolute Gasteiger partial charge is 0.466 e. The Labute approximate surface area is 87.3 Å². The predicted octanol–water partition coefficient (Wildman–Crippen LogP) is 3.47. The van der Waals surface area contributed by atoms with Crippen molar-refractivity contribution in [3.63, 3.8) is 0 Å². The standard InChI is InChI=1S/C12H22O2/c1-4-10-14-12(13)9-7-5-6-8-11(2)3/h8H,4-7,9-10H2,1-3H3. The van der Waals surface area contributed by atoms with Crippen LogP contribution in [0.1, 0.15) is 52.9 Å². The van der Waals surface area contributed by atoms with E-state index in [-0.39, 0.29) is 5.97 Å². The van der Waals surface area contributed by atoms with Crippen LogP contribution in [0, 0.1) is 0 Å². The molecule has 0 N–H and O–H groups in total. The van der Waals surface area contributed by atoms with E-state index in [1.807, 2.05) is 6.92 Å². The van der Waals surface area contributed by atoms with E-state index in [0.717, 1.165) is 25.7 Å². The topological polar surface area (TPSA) is 26.3 Å². The van der Waals surface area contributed by atoms with E-state index in [4.69, 9.17) is 4.74 Å². The van der Waals surface area contributed by atoms with Gasteiger partial charge in [-0.25, -0.2) is 0 Å². The lowest BCUT2D eigenvalue weighted by molar-refractivity contribution is -0.143. The molecular formula is C12H22O2. The van der Waals surface area contributed by atoms with E-state index >= 15 is 0 Å². The molecule has 0 bridgehead atoms. The third-order valence-corrected chi connectivity index (χ3v) is 1.85. The van der Waals surface area contributed by atoms with Crippen molar-refractivity contribution in [2.75, 3.05) is 6.61 Å². The third kappa shape index (κ3) is 9.30. The summed E-state index contributed by atoms with van der Waals surface area (Å²) in [6, 6.07) is 0. The molecule has 0 amide bonds. The fourth-order valence-electron chi connectivity index (χ4n) is 1.09. The van der Waals surface area contributed by atoms with E-state index in [0.29, 0.717) is 13.0 Å². The summed E-state index contributed by atoms with van der Waals surface area (Å²) in [7, 11) is 0. The van der Waals surface area contributed by atoms with Crippen LogP contribution in [0.5, 0.6) is 0 Å². The SMILES string of the molecule is CCCOC(=O)CCCCC=C(C)C. The maximum atomic E-state index is 11.1. The van der Waals surface area contributed by atoms with Crippen molar-refractivity contribution < 1.29 is 9.53 Å². The first-order valence-corrected chi connectivity index (χ1v) is 5.45. The Kier molecular flexibility index (Phi) is 8.30. The molecule has 0 saturated heterocycles. The predicted molar refractivity (Wildman–Crippen MR) is 59.1 cm³/mol. The first-order chi connectivity index (χ1) is 6.66. The van der Waals surface area contributed by atoms with Crippen molar-refractivity contribution in [3.8, 4) is 0 Å². The average Bonchev–Trinajstić information content (AvgIpc) is 2.13. The van der Waals surface area contributed by atoms with Crippen molar-refractivity contribution in [1.82, 2.24) is 0 Å². The zero-order valence-electron chi connectivity index (χ0n) is 9.64. The summed E-state index contributed by atoms with van der Waals surface area (Å²) in [5.74, 6) is -0.0518. The van der Waals surface area contributed by atoms with E-state index in [1.165, 1.54) is 5.57 Å². The molecule has 0 fully saturated rings. The molecule has 0 unspecified atom stereocenters. The van der Waals surface area contributed by atoms with Gasteiger partial charge in [-0.3, -0.25) is 4.79 Å². The lowest BCUT2D eigenvalue weighted by Gasteiger charge is -2.01. The van der Waals surface area contributed by atoms with Crippen molar-refractivity contribution in [1.29, 1.82) is 0 Å². The molecular weight excluding hydrogens is 176 g/mol. The van der Waals surface area contributed by atoms with Gasteiger partial charge in [0.2, 0.25) is 0 Å². The molecule has 82 valence electrons. The highest BCUT2D eigenvalue weighted by molar-refractivity contribution is 5.69. The second-order valence-electron chi connectivity index (χ2n) is 3.75. The molecule has 2 nitrogen and oxygen atoms in total. The Balaban J connectivity index is 3.27. The van der Waals surface area contributed by atoms with Crippen molar-refractivity contribution in [2.45, 2.75) is 52.9 Å². The van der Waals surface area contributed by atoms with E-state index < -0.39 is 0 Å². The molecule has 0 heterocycles. The summed E-state index contributed by atoms with van der Waals surface area (Å²) >= 11 is 0. The maximum absolute atomic E-state index is 11.1. The molecule has 0 aliphatic rings. The Morgan fingerprint density at radius 3 is 2.57 bits per heavy atom. The van der Waals surface area contributed by atoms with E-state index in [9.17, 15) is 4.79 Å². The molecule has 0 saturated carbocycles. The molecule has 0 rings (SSSR count). The summed E-state index contributed by atoms with van der Waals surface area (Å²) in [5, 5.41) is 0. The zero-order chi connectivity index (χ0) is 10.8. The molecule has 0 atom stereocenters. The van der Waals surface area contributed by atoms with Crippen LogP contribution in [0.3, 0.4) is 0 Å². The van der Waals surface area contributed by atoms with Gasteiger partial charge in [-0.2, -0.15) is 0 Å². The van der Waals surface area contributed by atoms with Gasteiger partial charge in [0, 0.05) is 6.42 Å². The Morgan fingerprint density at radius 2 is 2.00 bits per heavy atom. The Bertz CT molecular complexity index is 179. The minimum Gasteiger partial charge on any atom is -0.466 e. The van der Waals surface area contributed by atoms with Gasteiger partial charge in [-0.1, -0.05) is 18.6 Å². The monoisotopic (exact) mass is 198 g/mol. The summed E-state index contributed by atoms with van der Waals surface area (Å²) < 4.78 is 4.96. The second-order valence-corrected chi connectivity index (χ2v) is 3.75. The number of hydrogen-bond acceptors (Lipinski definition) is 2. The van der Waals surface area contributed by atoms with Crippen LogP contribution in [0.15, 0.2) is 11.6 Å². The van der Waals surface area contributed by atoms with Gasteiger partial charge in [-0.15, -0.1) is 0 Å². The smallest absolute Gasteiger partial charge is 0.305 e. The number of allylic oxidation sites excluding steroid dienone is 2. The van der Waals surface area contributed by atoms with Crippen LogP contribution in [-0.4, -0.2) is 12.6 Å². The van der Waals surface area contributed by atoms with Crippen molar-refractivity contribution >= 4 is 5.97 Å². The molecule has 0 radical (unpaired) electrons. The quantitative estimate of drug-likeness (QED) is 0.356. The van der Waals surface area contributed by atoms with Gasteiger partial charge in [0.25, 0.3) is 0 Å². The van der Waals surface area contributed by atoms with Crippen molar-refractivity contribution in [2.24, 2.45) is 0 Å². The van der Waals surface area contributed by atoms with Crippen LogP contribution in [0.25, 0.3) is 0 Å². The van der Waals surface area contributed by atoms with Gasteiger partial charge in [0.15, 0.2) is 0 Å². The molecule has 0 aromatic heterocycles. The molecule has 0 aromatic carbocycles. The molecule has 2 heteroatoms. The van der Waals surface area contributed by atoms with E-state index in [1.54, 1.807) is 0 Å². The van der Waals surface area contributed by atoms with Crippen LogP contribution in [0.4, 0.5) is 0 Å². The summed E-state index contributed by atoms with van der Waals surface area (Å²) in [5.41, 5.74) is 1.35. The van der Waals surface area contributed by atoms with E-state index in [2.05, 4.69) is 19.9 Å². The van der Waals surface area contributed by atoms with Gasteiger partial charge in [0.1, 0.15) is 0 Å². The van der Waals surface area contributed by atoms with Gasteiger partial charge >= 0.3 is 5.97 Å². The highest BCUT2D eigenvalue weighted by Crippen LogP contribution is 2.04. The number of carbonyl (C=O) groups excluding carboxylic acids is 1. The zero-order valence-corrected chi connectivity index (χ0v) is 9.64. The number of carbonyl (C=O) groups is 1. The molecule has 0 aliphatic heterocycles. The molecule has 0 aromatic rings. The molecule has 0 aliphatic carbocycles. The van der Waals surface area contributed by atoms with Gasteiger partial charge in [0.05, 0.1) is 6.61 Å². The van der Waals surface area contributed by atoms with Crippen LogP contribution < -0.4 is 0 Å². The average molecular weight is 198 g/mol. The minimum absolute atomic E-state index is 0.0518. The van der Waals surface area contributed by atoms with Crippen LogP contribution >= 0.6 is 0 Å². The number of unbranched alkanes of at least 4 members (excludes halogenated alkanes) is 2. The normalized spacial score (nSPS) is 9.64. The number of hydrogen-bond donors (Lipinski definition) is 0. The lowest BCUT2D eigenvalue weighted by Crippen LogP contribution is -2.04. The summed E-state index contributed by atoms with van der Waals surface area (Å²) in [6.07, 6.45) is 6.76. The second kappa shape index (κ2) is 8.79. The highest BCUT2D eigenvalue weighted by Gasteiger charge is 2.00. The fraction of sp³-hybridized carbons (Fsp3) is 0.750. The van der Waals surface area contributed by atoms with Crippen LogP contribution in [-0.2, 0) is 9.53 Å². The Morgan fingerprint density at radius 1 is 1.29 bits per heavy atom. The van der Waals surface area contributed by atoms with Gasteiger partial charge in [-0.05, 0) is 39.5 Å². The number of rotatable bonds is 7. The minimum atomic E-state index is -0.0518. The number of ether oxygens (including phenoxy) is 1. The molecule has 0 spiro atoms. The highest BCUT2D eigenvalue weighted by atomic mass is 16.5. The van der Waals surface area contributed by atoms with Crippen LogP contribution in [0.2, 0.25) is 0 Å². The first kappa shape index (κ1) is 13.2.